The van der Waals surface area contributed by atoms with Gasteiger partial charge in [0, 0.05) is 5.92 Å². The summed E-state index contributed by atoms with van der Waals surface area (Å²) in [4.78, 5) is 4.53. The van der Waals surface area contributed by atoms with E-state index in [1.807, 2.05) is 14.0 Å². The molecule has 0 amide bonds. The molecule has 4 nitrogen and oxygen atoms in total. The van der Waals surface area contributed by atoms with Gasteiger partial charge in [-0.1, -0.05) is 31.3 Å². The maximum Gasteiger partial charge on any atom is 0.243 e. The first-order valence-electron chi connectivity index (χ1n) is 6.75. The van der Waals surface area contributed by atoms with Crippen molar-refractivity contribution < 1.29 is 4.52 Å². The molecule has 96 valence electrons. The molecule has 1 saturated carbocycles. The predicted molar refractivity (Wildman–Crippen MR) is 66.8 cm³/mol. The number of hydrogen-bond donors (Lipinski definition) is 1. The van der Waals surface area contributed by atoms with E-state index >= 15 is 0 Å². The van der Waals surface area contributed by atoms with Crippen LogP contribution in [0, 0.1) is 5.92 Å². The van der Waals surface area contributed by atoms with E-state index < -0.39 is 0 Å². The van der Waals surface area contributed by atoms with Gasteiger partial charge in [-0.15, -0.1) is 0 Å². The molecular formula is C13H23N3O. The summed E-state index contributed by atoms with van der Waals surface area (Å²) in [7, 11) is 1.91. The van der Waals surface area contributed by atoms with Crippen LogP contribution in [0.25, 0.3) is 0 Å². The average molecular weight is 237 g/mol. The molecule has 1 aromatic heterocycles. The molecule has 1 N–H and O–H groups in total. The molecule has 1 aliphatic carbocycles. The monoisotopic (exact) mass is 237 g/mol. The molecule has 3 atom stereocenters. The predicted octanol–water partition coefficient (Wildman–Crippen LogP) is 3.03. The number of hydrogen-bond acceptors (Lipinski definition) is 4. The van der Waals surface area contributed by atoms with Crippen LogP contribution in [0.5, 0.6) is 0 Å². The van der Waals surface area contributed by atoms with E-state index in [2.05, 4.69) is 22.4 Å². The molecule has 1 aromatic rings. The second kappa shape index (κ2) is 5.63. The van der Waals surface area contributed by atoms with Crippen LogP contribution in [-0.2, 0) is 0 Å². The fourth-order valence-corrected chi connectivity index (χ4v) is 2.61. The molecule has 3 unspecified atom stereocenters. The van der Waals surface area contributed by atoms with Crippen LogP contribution in [0.15, 0.2) is 4.52 Å². The first-order valence-corrected chi connectivity index (χ1v) is 6.75. The molecule has 0 aliphatic heterocycles. The summed E-state index contributed by atoms with van der Waals surface area (Å²) in [5.74, 6) is 2.98. The topological polar surface area (TPSA) is 51.0 Å². The van der Waals surface area contributed by atoms with E-state index in [0.29, 0.717) is 11.8 Å². The van der Waals surface area contributed by atoms with E-state index in [0.717, 1.165) is 11.7 Å². The molecule has 0 bridgehead atoms. The van der Waals surface area contributed by atoms with Crippen molar-refractivity contribution in [1.29, 1.82) is 0 Å². The Morgan fingerprint density at radius 1 is 1.47 bits per heavy atom. The second-order valence-corrected chi connectivity index (χ2v) is 5.14. The molecule has 4 heteroatoms. The van der Waals surface area contributed by atoms with Gasteiger partial charge in [0.15, 0.2) is 5.82 Å². The molecule has 2 rings (SSSR count). The Balaban J connectivity index is 2.04. The quantitative estimate of drug-likeness (QED) is 0.874. The van der Waals surface area contributed by atoms with Crippen LogP contribution in [0.4, 0.5) is 0 Å². The van der Waals surface area contributed by atoms with E-state index in [9.17, 15) is 0 Å². The van der Waals surface area contributed by atoms with Crippen molar-refractivity contribution >= 4 is 0 Å². The number of aromatic nitrogens is 2. The van der Waals surface area contributed by atoms with Crippen LogP contribution in [0.2, 0.25) is 0 Å². The van der Waals surface area contributed by atoms with Gasteiger partial charge in [-0.3, -0.25) is 0 Å². The summed E-state index contributed by atoms with van der Waals surface area (Å²) in [5.41, 5.74) is 0. The molecule has 17 heavy (non-hydrogen) atoms. The molecule has 1 heterocycles. The standard InChI is InChI=1S/C13H23N3O/c1-4-10-6-5-7-11(8-10)12-15-13(17-16-12)9(2)14-3/h9-11,14H,4-8H2,1-3H3. The lowest BCUT2D eigenvalue weighted by molar-refractivity contribution is 0.295. The lowest BCUT2D eigenvalue weighted by Crippen LogP contribution is -2.15. The highest BCUT2D eigenvalue weighted by Gasteiger charge is 2.26. The Hall–Kier alpha value is -0.900. The summed E-state index contributed by atoms with van der Waals surface area (Å²) in [6.07, 6.45) is 6.38. The van der Waals surface area contributed by atoms with Crippen LogP contribution < -0.4 is 5.32 Å². The van der Waals surface area contributed by atoms with Crippen molar-refractivity contribution in [2.75, 3.05) is 7.05 Å². The Bertz CT molecular complexity index is 350. The van der Waals surface area contributed by atoms with Crippen molar-refractivity contribution in [2.24, 2.45) is 5.92 Å². The minimum Gasteiger partial charge on any atom is -0.338 e. The minimum atomic E-state index is 0.141. The summed E-state index contributed by atoms with van der Waals surface area (Å²) in [6.45, 7) is 4.31. The highest BCUT2D eigenvalue weighted by atomic mass is 16.5. The normalized spacial score (nSPS) is 27.0. The molecule has 0 spiro atoms. The molecule has 0 radical (unpaired) electrons. The zero-order valence-corrected chi connectivity index (χ0v) is 11.1. The van der Waals surface area contributed by atoms with E-state index in [-0.39, 0.29) is 6.04 Å². The van der Waals surface area contributed by atoms with Crippen LogP contribution in [0.3, 0.4) is 0 Å². The van der Waals surface area contributed by atoms with Gasteiger partial charge < -0.3 is 9.84 Å². The summed E-state index contributed by atoms with van der Waals surface area (Å²) in [6, 6.07) is 0.141. The molecule has 0 saturated heterocycles. The first-order chi connectivity index (χ1) is 8.24. The highest BCUT2D eigenvalue weighted by molar-refractivity contribution is 4.99. The third-order valence-corrected chi connectivity index (χ3v) is 3.99. The van der Waals surface area contributed by atoms with Crippen LogP contribution in [-0.4, -0.2) is 17.2 Å². The van der Waals surface area contributed by atoms with Gasteiger partial charge >= 0.3 is 0 Å². The van der Waals surface area contributed by atoms with Gasteiger partial charge in [0.25, 0.3) is 0 Å². The maximum absolute atomic E-state index is 5.32. The SMILES string of the molecule is CCC1CCCC(c2noc(C(C)NC)n2)C1. The van der Waals surface area contributed by atoms with Crippen molar-refractivity contribution in [1.82, 2.24) is 15.5 Å². The van der Waals surface area contributed by atoms with Gasteiger partial charge in [0.05, 0.1) is 6.04 Å². The Morgan fingerprint density at radius 2 is 2.29 bits per heavy atom. The van der Waals surface area contributed by atoms with Gasteiger partial charge in [-0.25, -0.2) is 0 Å². The zero-order valence-electron chi connectivity index (χ0n) is 11.1. The Labute approximate surface area is 103 Å². The third-order valence-electron chi connectivity index (χ3n) is 3.99. The largest absolute Gasteiger partial charge is 0.338 e. The Morgan fingerprint density at radius 3 is 3.00 bits per heavy atom. The van der Waals surface area contributed by atoms with Gasteiger partial charge in [-0.2, -0.15) is 4.98 Å². The summed E-state index contributed by atoms with van der Waals surface area (Å²) in [5, 5.41) is 7.27. The van der Waals surface area contributed by atoms with Crippen molar-refractivity contribution in [3.8, 4) is 0 Å². The van der Waals surface area contributed by atoms with E-state index in [4.69, 9.17) is 4.52 Å². The smallest absolute Gasteiger partial charge is 0.243 e. The fraction of sp³-hybridized carbons (Fsp3) is 0.846. The average Bonchev–Trinajstić information content (AvgIpc) is 2.87. The highest BCUT2D eigenvalue weighted by Crippen LogP contribution is 2.36. The Kier molecular flexibility index (Phi) is 4.15. The number of nitrogens with one attached hydrogen (secondary N) is 1. The summed E-state index contributed by atoms with van der Waals surface area (Å²) >= 11 is 0. The fourth-order valence-electron chi connectivity index (χ4n) is 2.61. The van der Waals surface area contributed by atoms with Crippen LogP contribution >= 0.6 is 0 Å². The van der Waals surface area contributed by atoms with Crippen molar-refractivity contribution in [3.05, 3.63) is 11.7 Å². The van der Waals surface area contributed by atoms with E-state index in [1.54, 1.807) is 0 Å². The molecule has 0 aromatic carbocycles. The lowest BCUT2D eigenvalue weighted by Gasteiger charge is -2.26. The van der Waals surface area contributed by atoms with Crippen molar-refractivity contribution in [3.63, 3.8) is 0 Å². The zero-order chi connectivity index (χ0) is 12.3. The molecular weight excluding hydrogens is 214 g/mol. The number of rotatable bonds is 4. The van der Waals surface area contributed by atoms with E-state index in [1.165, 1.54) is 32.1 Å². The molecule has 1 aliphatic rings. The van der Waals surface area contributed by atoms with Gasteiger partial charge in [-0.05, 0) is 32.7 Å². The maximum atomic E-state index is 5.32. The van der Waals surface area contributed by atoms with Crippen LogP contribution in [0.1, 0.15) is 69.6 Å². The first kappa shape index (κ1) is 12.6. The summed E-state index contributed by atoms with van der Waals surface area (Å²) < 4.78 is 5.32. The minimum absolute atomic E-state index is 0.141. The molecule has 1 fully saturated rings. The van der Waals surface area contributed by atoms with Gasteiger partial charge in [0.2, 0.25) is 5.89 Å². The van der Waals surface area contributed by atoms with Gasteiger partial charge in [0.1, 0.15) is 0 Å². The second-order valence-electron chi connectivity index (χ2n) is 5.14. The van der Waals surface area contributed by atoms with Crippen molar-refractivity contribution in [2.45, 2.75) is 57.9 Å². The third kappa shape index (κ3) is 2.86. The lowest BCUT2D eigenvalue weighted by atomic mass is 9.80. The number of nitrogens with zero attached hydrogens (tertiary/aromatic N) is 2.